The van der Waals surface area contributed by atoms with Crippen LogP contribution >= 0.6 is 11.3 Å². The van der Waals surface area contributed by atoms with Gasteiger partial charge in [-0.15, -0.1) is 11.3 Å². The highest BCUT2D eigenvalue weighted by Gasteiger charge is 2.29. The number of carbonyl (C=O) groups excluding carboxylic acids is 1. The van der Waals surface area contributed by atoms with Crippen molar-refractivity contribution in [2.24, 2.45) is 0 Å². The van der Waals surface area contributed by atoms with Gasteiger partial charge in [0.25, 0.3) is 0 Å². The van der Waals surface area contributed by atoms with Crippen LogP contribution in [0.15, 0.2) is 29.2 Å². The van der Waals surface area contributed by atoms with Crippen LogP contribution in [-0.4, -0.2) is 15.8 Å². The summed E-state index contributed by atoms with van der Waals surface area (Å²) in [6, 6.07) is 4.01. The Morgan fingerprint density at radius 2 is 2.35 bits per heavy atom. The Kier molecular flexibility index (Phi) is 2.73. The average Bonchev–Trinajstić information content (AvgIpc) is 2.91. The number of thiazole rings is 1. The largest absolute Gasteiger partial charge is 0.292 e. The standard InChI is InChI=1S/C13H12N2OS/c16-13(11-7-17-8-15-11)10-5-1-3-9-4-2-6-14-12(9)10/h2,4,6-8,10H,1,3,5H2. The number of hydrogen-bond donors (Lipinski definition) is 0. The van der Waals surface area contributed by atoms with Crippen molar-refractivity contribution < 1.29 is 4.79 Å². The van der Waals surface area contributed by atoms with Gasteiger partial charge in [0.15, 0.2) is 5.78 Å². The number of rotatable bonds is 2. The van der Waals surface area contributed by atoms with Crippen molar-refractivity contribution in [2.75, 3.05) is 0 Å². The molecule has 0 N–H and O–H groups in total. The average molecular weight is 244 g/mol. The molecule has 0 fully saturated rings. The van der Waals surface area contributed by atoms with Crippen LogP contribution in [0.3, 0.4) is 0 Å². The molecular weight excluding hydrogens is 232 g/mol. The summed E-state index contributed by atoms with van der Waals surface area (Å²) in [5, 5.41) is 1.82. The predicted molar refractivity (Wildman–Crippen MR) is 66.4 cm³/mol. The van der Waals surface area contributed by atoms with Crippen LogP contribution in [0.5, 0.6) is 0 Å². The number of hydrogen-bond acceptors (Lipinski definition) is 4. The molecule has 0 saturated heterocycles. The Morgan fingerprint density at radius 1 is 1.41 bits per heavy atom. The first-order chi connectivity index (χ1) is 8.36. The van der Waals surface area contributed by atoms with E-state index in [1.807, 2.05) is 11.4 Å². The van der Waals surface area contributed by atoms with Crippen molar-refractivity contribution in [3.63, 3.8) is 0 Å². The van der Waals surface area contributed by atoms with Gasteiger partial charge in [0.05, 0.1) is 17.1 Å². The molecule has 86 valence electrons. The molecule has 0 aliphatic heterocycles. The highest BCUT2D eigenvalue weighted by Crippen LogP contribution is 2.32. The summed E-state index contributed by atoms with van der Waals surface area (Å²) in [5.74, 6) is 0.0212. The molecule has 0 radical (unpaired) electrons. The van der Waals surface area contributed by atoms with Crippen molar-refractivity contribution in [1.29, 1.82) is 0 Å². The first kappa shape index (κ1) is 10.6. The van der Waals surface area contributed by atoms with E-state index in [4.69, 9.17) is 0 Å². The lowest BCUT2D eigenvalue weighted by molar-refractivity contribution is 0.0944. The molecule has 3 rings (SSSR count). The van der Waals surface area contributed by atoms with Crippen LogP contribution in [-0.2, 0) is 6.42 Å². The molecule has 0 aromatic carbocycles. The van der Waals surface area contributed by atoms with Crippen LogP contribution in [0.1, 0.15) is 40.5 Å². The van der Waals surface area contributed by atoms with E-state index >= 15 is 0 Å². The first-order valence-corrected chi connectivity index (χ1v) is 6.67. The van der Waals surface area contributed by atoms with Crippen molar-refractivity contribution >= 4 is 17.1 Å². The third kappa shape index (κ3) is 1.89. The molecule has 3 nitrogen and oxygen atoms in total. The van der Waals surface area contributed by atoms with Gasteiger partial charge in [-0.3, -0.25) is 9.78 Å². The SMILES string of the molecule is O=C(c1cscn1)C1CCCc2cccnc21. The number of aryl methyl sites for hydroxylation is 1. The fourth-order valence-electron chi connectivity index (χ4n) is 2.38. The fraction of sp³-hybridized carbons (Fsp3) is 0.308. The molecule has 2 heterocycles. The number of ketones is 1. The van der Waals surface area contributed by atoms with Crippen molar-refractivity contribution in [2.45, 2.75) is 25.2 Å². The lowest BCUT2D eigenvalue weighted by Crippen LogP contribution is -2.20. The molecule has 2 aromatic rings. The second-order valence-electron chi connectivity index (χ2n) is 4.23. The number of pyridine rings is 1. The summed E-state index contributed by atoms with van der Waals surface area (Å²) < 4.78 is 0. The molecule has 0 bridgehead atoms. The fourth-order valence-corrected chi connectivity index (χ4v) is 2.92. The number of fused-ring (bicyclic) bond motifs is 1. The minimum absolute atomic E-state index is 0.0953. The summed E-state index contributed by atoms with van der Waals surface area (Å²) in [6.45, 7) is 0. The van der Waals surface area contributed by atoms with E-state index in [1.54, 1.807) is 11.7 Å². The molecule has 1 atom stereocenters. The Bertz CT molecular complexity index is 536. The Balaban J connectivity index is 1.98. The molecular formula is C13H12N2OS. The van der Waals surface area contributed by atoms with Gasteiger partial charge in [0.1, 0.15) is 5.69 Å². The topological polar surface area (TPSA) is 42.9 Å². The lowest BCUT2D eigenvalue weighted by atomic mass is 9.83. The Labute approximate surface area is 104 Å². The van der Waals surface area contributed by atoms with Gasteiger partial charge in [-0.2, -0.15) is 0 Å². The zero-order chi connectivity index (χ0) is 11.7. The molecule has 1 aliphatic carbocycles. The zero-order valence-electron chi connectivity index (χ0n) is 9.30. The van der Waals surface area contributed by atoms with Gasteiger partial charge in [0, 0.05) is 11.6 Å². The van der Waals surface area contributed by atoms with E-state index in [0.29, 0.717) is 5.69 Å². The van der Waals surface area contributed by atoms with E-state index < -0.39 is 0 Å². The summed E-state index contributed by atoms with van der Waals surface area (Å²) in [5.41, 5.74) is 4.46. The van der Waals surface area contributed by atoms with Gasteiger partial charge in [-0.1, -0.05) is 6.07 Å². The second-order valence-corrected chi connectivity index (χ2v) is 4.95. The van der Waals surface area contributed by atoms with E-state index in [-0.39, 0.29) is 11.7 Å². The van der Waals surface area contributed by atoms with Gasteiger partial charge >= 0.3 is 0 Å². The van der Waals surface area contributed by atoms with Crippen LogP contribution in [0.25, 0.3) is 0 Å². The highest BCUT2D eigenvalue weighted by molar-refractivity contribution is 7.07. The zero-order valence-corrected chi connectivity index (χ0v) is 10.1. The third-order valence-electron chi connectivity index (χ3n) is 3.20. The molecule has 4 heteroatoms. The summed E-state index contributed by atoms with van der Waals surface area (Å²) >= 11 is 1.46. The first-order valence-electron chi connectivity index (χ1n) is 5.72. The minimum Gasteiger partial charge on any atom is -0.292 e. The Morgan fingerprint density at radius 3 is 3.18 bits per heavy atom. The highest BCUT2D eigenvalue weighted by atomic mass is 32.1. The summed E-state index contributed by atoms with van der Waals surface area (Å²) in [7, 11) is 0. The van der Waals surface area contributed by atoms with Gasteiger partial charge in [0.2, 0.25) is 0 Å². The normalized spacial score (nSPS) is 18.7. The molecule has 1 unspecified atom stereocenters. The van der Waals surface area contributed by atoms with Crippen LogP contribution in [0.4, 0.5) is 0 Å². The number of Topliss-reactive ketones (excluding diaryl/α,β-unsaturated/α-hetero) is 1. The summed E-state index contributed by atoms with van der Waals surface area (Å²) in [6.07, 6.45) is 4.75. The monoisotopic (exact) mass is 244 g/mol. The molecule has 0 saturated carbocycles. The van der Waals surface area contributed by atoms with Gasteiger partial charge in [-0.05, 0) is 30.9 Å². The maximum atomic E-state index is 12.3. The van der Waals surface area contributed by atoms with Crippen molar-refractivity contribution in [3.8, 4) is 0 Å². The molecule has 2 aromatic heterocycles. The molecule has 1 aliphatic rings. The molecule has 0 amide bonds. The van der Waals surface area contributed by atoms with E-state index in [0.717, 1.165) is 25.0 Å². The minimum atomic E-state index is -0.0953. The molecule has 0 spiro atoms. The quantitative estimate of drug-likeness (QED) is 0.763. The smallest absolute Gasteiger partial charge is 0.191 e. The number of nitrogens with zero attached hydrogens (tertiary/aromatic N) is 2. The molecule has 17 heavy (non-hydrogen) atoms. The van der Waals surface area contributed by atoms with E-state index in [9.17, 15) is 4.79 Å². The second kappa shape index (κ2) is 4.37. The van der Waals surface area contributed by atoms with Crippen LogP contribution in [0.2, 0.25) is 0 Å². The van der Waals surface area contributed by atoms with Crippen LogP contribution < -0.4 is 0 Å². The number of carbonyl (C=O) groups is 1. The van der Waals surface area contributed by atoms with E-state index in [1.165, 1.54) is 16.9 Å². The van der Waals surface area contributed by atoms with Crippen molar-refractivity contribution in [3.05, 3.63) is 46.2 Å². The number of aromatic nitrogens is 2. The Hall–Kier alpha value is -1.55. The summed E-state index contributed by atoms with van der Waals surface area (Å²) in [4.78, 5) is 20.8. The predicted octanol–water partition coefficient (Wildman–Crippen LogP) is 2.84. The third-order valence-corrected chi connectivity index (χ3v) is 3.78. The van der Waals surface area contributed by atoms with E-state index in [2.05, 4.69) is 16.0 Å². The van der Waals surface area contributed by atoms with Crippen LogP contribution in [0, 0.1) is 0 Å². The van der Waals surface area contributed by atoms with Crippen molar-refractivity contribution in [1.82, 2.24) is 9.97 Å². The van der Waals surface area contributed by atoms with Gasteiger partial charge < -0.3 is 0 Å². The lowest BCUT2D eigenvalue weighted by Gasteiger charge is -2.22. The van der Waals surface area contributed by atoms with Gasteiger partial charge in [-0.25, -0.2) is 4.98 Å². The maximum Gasteiger partial charge on any atom is 0.191 e. The maximum absolute atomic E-state index is 12.3.